The smallest absolute Gasteiger partial charge is 0.314 e. The number of piperidine rings is 1. The zero-order valence-electron chi connectivity index (χ0n) is 15.2. The molecule has 0 radical (unpaired) electrons. The van der Waals surface area contributed by atoms with Gasteiger partial charge in [-0.2, -0.15) is 0 Å². The lowest BCUT2D eigenvalue weighted by Gasteiger charge is -2.31. The van der Waals surface area contributed by atoms with E-state index in [0.29, 0.717) is 25.1 Å². The molecule has 1 atom stereocenters. The molecule has 0 bridgehead atoms. The third-order valence-electron chi connectivity index (χ3n) is 4.76. The largest absolute Gasteiger partial charge is 0.381 e. The molecule has 1 aromatic carbocycles. The van der Waals surface area contributed by atoms with Crippen LogP contribution in [-0.4, -0.2) is 56.9 Å². The Labute approximate surface area is 145 Å². The summed E-state index contributed by atoms with van der Waals surface area (Å²) in [5, 5.41) is 5.92. The zero-order valence-corrected chi connectivity index (χ0v) is 15.2. The van der Waals surface area contributed by atoms with E-state index in [2.05, 4.69) is 53.6 Å². The Balaban J connectivity index is 1.60. The van der Waals surface area contributed by atoms with Crippen molar-refractivity contribution in [3.05, 3.63) is 35.4 Å². The van der Waals surface area contributed by atoms with Gasteiger partial charge >= 0.3 is 6.03 Å². The van der Waals surface area contributed by atoms with Crippen molar-refractivity contribution in [2.24, 2.45) is 0 Å². The molecule has 1 aromatic rings. The Bertz CT molecular complexity index is 513. The number of amides is 2. The molecule has 5 heteroatoms. The van der Waals surface area contributed by atoms with Crippen LogP contribution in [0.25, 0.3) is 0 Å². The third kappa shape index (κ3) is 6.13. The normalized spacial score (nSPS) is 17.5. The third-order valence-corrected chi connectivity index (χ3v) is 4.76. The molecule has 0 aromatic heterocycles. The van der Waals surface area contributed by atoms with Gasteiger partial charge in [0.05, 0.1) is 6.10 Å². The number of ether oxygens (including phenoxy) is 1. The SMILES string of the molecule is COC1CCN(CCNC(=O)NC[C@H](C)c2cccc(C)c2)CC1. The average Bonchev–Trinajstić information content (AvgIpc) is 2.60. The molecule has 134 valence electrons. The summed E-state index contributed by atoms with van der Waals surface area (Å²) >= 11 is 0. The molecule has 2 amide bonds. The quantitative estimate of drug-likeness (QED) is 0.806. The van der Waals surface area contributed by atoms with E-state index < -0.39 is 0 Å². The first-order valence-corrected chi connectivity index (χ1v) is 8.92. The van der Waals surface area contributed by atoms with Crippen LogP contribution in [0.3, 0.4) is 0 Å². The Morgan fingerprint density at radius 2 is 2.08 bits per heavy atom. The molecule has 0 aliphatic carbocycles. The minimum absolute atomic E-state index is 0.0821. The van der Waals surface area contributed by atoms with E-state index in [4.69, 9.17) is 4.74 Å². The van der Waals surface area contributed by atoms with Gasteiger partial charge in [-0.3, -0.25) is 0 Å². The fraction of sp³-hybridized carbons (Fsp3) is 0.632. The number of carbonyl (C=O) groups is 1. The number of carbonyl (C=O) groups excluding carboxylic acids is 1. The number of hydrogen-bond donors (Lipinski definition) is 2. The van der Waals surface area contributed by atoms with Crippen molar-refractivity contribution in [2.45, 2.75) is 38.7 Å². The van der Waals surface area contributed by atoms with Gasteiger partial charge < -0.3 is 20.3 Å². The number of rotatable bonds is 7. The monoisotopic (exact) mass is 333 g/mol. The molecule has 0 saturated carbocycles. The predicted molar refractivity (Wildman–Crippen MR) is 97.5 cm³/mol. The van der Waals surface area contributed by atoms with E-state index in [-0.39, 0.29) is 6.03 Å². The van der Waals surface area contributed by atoms with Gasteiger partial charge in [-0.05, 0) is 31.2 Å². The summed E-state index contributed by atoms with van der Waals surface area (Å²) in [6.45, 7) is 8.55. The van der Waals surface area contributed by atoms with Crippen LogP contribution in [0.1, 0.15) is 36.8 Å². The van der Waals surface area contributed by atoms with Gasteiger partial charge in [0.25, 0.3) is 0 Å². The molecule has 1 heterocycles. The topological polar surface area (TPSA) is 53.6 Å². The highest BCUT2D eigenvalue weighted by atomic mass is 16.5. The molecule has 1 aliphatic heterocycles. The van der Waals surface area contributed by atoms with Crippen LogP contribution in [0.15, 0.2) is 24.3 Å². The molecule has 1 aliphatic rings. The van der Waals surface area contributed by atoms with Crippen LogP contribution in [-0.2, 0) is 4.74 Å². The minimum atomic E-state index is -0.0821. The lowest BCUT2D eigenvalue weighted by atomic mass is 9.99. The molecule has 2 rings (SSSR count). The number of benzene rings is 1. The van der Waals surface area contributed by atoms with E-state index in [1.807, 2.05) is 0 Å². The van der Waals surface area contributed by atoms with E-state index in [1.54, 1.807) is 7.11 Å². The highest BCUT2D eigenvalue weighted by Crippen LogP contribution is 2.15. The Hall–Kier alpha value is -1.59. The first kappa shape index (κ1) is 18.7. The molecule has 0 spiro atoms. The summed E-state index contributed by atoms with van der Waals surface area (Å²) in [6, 6.07) is 8.36. The second-order valence-electron chi connectivity index (χ2n) is 6.73. The molecule has 0 unspecified atom stereocenters. The van der Waals surface area contributed by atoms with Crippen LogP contribution < -0.4 is 10.6 Å². The molecular formula is C19H31N3O2. The summed E-state index contributed by atoms with van der Waals surface area (Å²) in [6.07, 6.45) is 2.56. The first-order valence-electron chi connectivity index (χ1n) is 8.92. The summed E-state index contributed by atoms with van der Waals surface area (Å²) in [4.78, 5) is 14.3. The maximum Gasteiger partial charge on any atom is 0.314 e. The number of nitrogens with zero attached hydrogens (tertiary/aromatic N) is 1. The van der Waals surface area contributed by atoms with Crippen molar-refractivity contribution < 1.29 is 9.53 Å². The first-order chi connectivity index (χ1) is 11.6. The second-order valence-corrected chi connectivity index (χ2v) is 6.73. The van der Waals surface area contributed by atoms with Gasteiger partial charge in [0.1, 0.15) is 0 Å². The van der Waals surface area contributed by atoms with Crippen LogP contribution in [0.5, 0.6) is 0 Å². The molecule has 1 fully saturated rings. The minimum Gasteiger partial charge on any atom is -0.381 e. The van der Waals surface area contributed by atoms with E-state index in [1.165, 1.54) is 11.1 Å². The summed E-state index contributed by atoms with van der Waals surface area (Å²) in [5.74, 6) is 0.309. The van der Waals surface area contributed by atoms with Crippen molar-refractivity contribution >= 4 is 6.03 Å². The summed E-state index contributed by atoms with van der Waals surface area (Å²) in [7, 11) is 1.78. The molecule has 5 nitrogen and oxygen atoms in total. The maximum atomic E-state index is 11.9. The standard InChI is InChI=1S/C19H31N3O2/c1-15-5-4-6-17(13-15)16(2)14-21-19(23)20-9-12-22-10-7-18(24-3)8-11-22/h4-6,13,16,18H,7-12,14H2,1-3H3,(H2,20,21,23)/t16-/m0/s1. The maximum absolute atomic E-state index is 11.9. The van der Waals surface area contributed by atoms with Gasteiger partial charge in [0.15, 0.2) is 0 Å². The van der Waals surface area contributed by atoms with Gasteiger partial charge in [0.2, 0.25) is 0 Å². The van der Waals surface area contributed by atoms with Crippen LogP contribution in [0.2, 0.25) is 0 Å². The highest BCUT2D eigenvalue weighted by molar-refractivity contribution is 5.73. The lowest BCUT2D eigenvalue weighted by Crippen LogP contribution is -2.44. The molecular weight excluding hydrogens is 302 g/mol. The number of likely N-dealkylation sites (tertiary alicyclic amines) is 1. The number of methoxy groups -OCH3 is 1. The van der Waals surface area contributed by atoms with Gasteiger partial charge in [-0.15, -0.1) is 0 Å². The Morgan fingerprint density at radius 1 is 1.33 bits per heavy atom. The number of aryl methyl sites for hydroxylation is 1. The number of urea groups is 1. The Kier molecular flexibility index (Phi) is 7.53. The van der Waals surface area contributed by atoms with Crippen molar-refractivity contribution in [2.75, 3.05) is 39.8 Å². The number of nitrogens with one attached hydrogen (secondary N) is 2. The lowest BCUT2D eigenvalue weighted by molar-refractivity contribution is 0.0416. The van der Waals surface area contributed by atoms with Crippen molar-refractivity contribution in [1.29, 1.82) is 0 Å². The fourth-order valence-corrected chi connectivity index (χ4v) is 3.10. The van der Waals surface area contributed by atoms with Crippen LogP contribution >= 0.6 is 0 Å². The average molecular weight is 333 g/mol. The van der Waals surface area contributed by atoms with E-state index >= 15 is 0 Å². The fourth-order valence-electron chi connectivity index (χ4n) is 3.10. The zero-order chi connectivity index (χ0) is 17.4. The Morgan fingerprint density at radius 3 is 2.75 bits per heavy atom. The van der Waals surface area contributed by atoms with Crippen LogP contribution in [0.4, 0.5) is 4.79 Å². The van der Waals surface area contributed by atoms with E-state index in [9.17, 15) is 4.79 Å². The van der Waals surface area contributed by atoms with Crippen molar-refractivity contribution in [1.82, 2.24) is 15.5 Å². The molecule has 1 saturated heterocycles. The molecule has 2 N–H and O–H groups in total. The second kappa shape index (κ2) is 9.64. The highest BCUT2D eigenvalue weighted by Gasteiger charge is 2.18. The summed E-state index contributed by atoms with van der Waals surface area (Å²) in [5.41, 5.74) is 2.51. The predicted octanol–water partition coefficient (Wildman–Crippen LogP) is 2.51. The van der Waals surface area contributed by atoms with Crippen molar-refractivity contribution in [3.63, 3.8) is 0 Å². The summed E-state index contributed by atoms with van der Waals surface area (Å²) < 4.78 is 5.37. The van der Waals surface area contributed by atoms with Crippen molar-refractivity contribution in [3.8, 4) is 0 Å². The van der Waals surface area contributed by atoms with Gasteiger partial charge in [-0.25, -0.2) is 4.79 Å². The number of hydrogen-bond acceptors (Lipinski definition) is 3. The molecule has 24 heavy (non-hydrogen) atoms. The van der Waals surface area contributed by atoms with Crippen LogP contribution in [0, 0.1) is 6.92 Å². The van der Waals surface area contributed by atoms with Gasteiger partial charge in [-0.1, -0.05) is 36.8 Å². The van der Waals surface area contributed by atoms with E-state index in [0.717, 1.165) is 32.5 Å². The van der Waals surface area contributed by atoms with Gasteiger partial charge in [0, 0.05) is 39.8 Å².